The van der Waals surface area contributed by atoms with Crippen molar-refractivity contribution in [2.45, 2.75) is 32.5 Å². The molecule has 2 aromatic rings. The Bertz CT molecular complexity index is 675. The molecule has 24 heavy (non-hydrogen) atoms. The molecule has 0 saturated heterocycles. The third kappa shape index (κ3) is 5.11. The molecule has 128 valence electrons. The third-order valence-electron chi connectivity index (χ3n) is 3.87. The first-order valence-electron chi connectivity index (χ1n) is 7.71. The van der Waals surface area contributed by atoms with Crippen LogP contribution in [0.5, 0.6) is 0 Å². The topological polar surface area (TPSA) is 20.3 Å². The minimum absolute atomic E-state index is 0.0320. The molecular formula is C19H20F3NO. The highest BCUT2D eigenvalue weighted by Crippen LogP contribution is 2.29. The third-order valence-corrected chi connectivity index (χ3v) is 3.87. The molecular weight excluding hydrogens is 315 g/mol. The molecule has 0 aromatic heterocycles. The molecule has 0 heterocycles. The molecule has 0 aliphatic heterocycles. The molecule has 5 heteroatoms. The van der Waals surface area contributed by atoms with Gasteiger partial charge in [-0.25, -0.2) is 0 Å². The van der Waals surface area contributed by atoms with Gasteiger partial charge in [0.15, 0.2) is 0 Å². The van der Waals surface area contributed by atoms with E-state index in [1.54, 1.807) is 7.05 Å². The zero-order chi connectivity index (χ0) is 17.7. The number of carbonyl (C=O) groups is 1. The van der Waals surface area contributed by atoms with Gasteiger partial charge in [-0.05, 0) is 36.6 Å². The van der Waals surface area contributed by atoms with Crippen molar-refractivity contribution in [3.05, 3.63) is 70.8 Å². The van der Waals surface area contributed by atoms with Crippen molar-refractivity contribution in [1.29, 1.82) is 0 Å². The Morgan fingerprint density at radius 3 is 2.04 bits per heavy atom. The average molecular weight is 335 g/mol. The standard InChI is InChI=1S/C19H20F3NO/c1-14-3-5-15(6-4-14)9-12-18(24)23(2)13-16-7-10-17(11-8-16)19(20,21)22/h3-8,10-11H,9,12-13H2,1-2H3. The van der Waals surface area contributed by atoms with E-state index in [1.807, 2.05) is 31.2 Å². The molecule has 0 radical (unpaired) electrons. The Morgan fingerprint density at radius 2 is 1.50 bits per heavy atom. The molecule has 0 aliphatic carbocycles. The van der Waals surface area contributed by atoms with Crippen LogP contribution in [0.15, 0.2) is 48.5 Å². The zero-order valence-electron chi connectivity index (χ0n) is 13.7. The highest BCUT2D eigenvalue weighted by Gasteiger charge is 2.29. The summed E-state index contributed by atoms with van der Waals surface area (Å²) in [5.74, 6) is -0.0320. The summed E-state index contributed by atoms with van der Waals surface area (Å²) in [4.78, 5) is 13.7. The number of amides is 1. The van der Waals surface area contributed by atoms with E-state index in [2.05, 4.69) is 0 Å². The largest absolute Gasteiger partial charge is 0.416 e. The molecule has 2 nitrogen and oxygen atoms in total. The van der Waals surface area contributed by atoms with E-state index in [1.165, 1.54) is 22.6 Å². The van der Waals surface area contributed by atoms with Crippen LogP contribution in [0.4, 0.5) is 13.2 Å². The van der Waals surface area contributed by atoms with E-state index in [9.17, 15) is 18.0 Å². The summed E-state index contributed by atoms with van der Waals surface area (Å²) < 4.78 is 37.6. The van der Waals surface area contributed by atoms with Crippen molar-refractivity contribution < 1.29 is 18.0 Å². The van der Waals surface area contributed by atoms with Gasteiger partial charge in [-0.2, -0.15) is 13.2 Å². The van der Waals surface area contributed by atoms with Crippen molar-refractivity contribution in [2.24, 2.45) is 0 Å². The maximum atomic E-state index is 12.5. The van der Waals surface area contributed by atoms with Crippen LogP contribution in [0.25, 0.3) is 0 Å². The minimum Gasteiger partial charge on any atom is -0.341 e. The molecule has 1 amide bonds. The van der Waals surface area contributed by atoms with Gasteiger partial charge in [-0.1, -0.05) is 42.0 Å². The van der Waals surface area contributed by atoms with Crippen LogP contribution in [-0.4, -0.2) is 17.9 Å². The summed E-state index contributed by atoms with van der Waals surface area (Å²) in [5, 5.41) is 0. The summed E-state index contributed by atoms with van der Waals surface area (Å²) in [6, 6.07) is 12.9. The molecule has 2 rings (SSSR count). The van der Waals surface area contributed by atoms with Crippen LogP contribution in [-0.2, 0) is 23.9 Å². The van der Waals surface area contributed by atoms with Gasteiger partial charge in [0, 0.05) is 20.0 Å². The van der Waals surface area contributed by atoms with Crippen molar-refractivity contribution in [3.8, 4) is 0 Å². The quantitative estimate of drug-likeness (QED) is 0.782. The minimum atomic E-state index is -4.34. The predicted molar refractivity (Wildman–Crippen MR) is 87.4 cm³/mol. The summed E-state index contributed by atoms with van der Waals surface area (Å²) in [6.45, 7) is 2.30. The van der Waals surface area contributed by atoms with Crippen LogP contribution in [0.1, 0.15) is 28.7 Å². The van der Waals surface area contributed by atoms with Crippen LogP contribution < -0.4 is 0 Å². The number of hydrogen-bond donors (Lipinski definition) is 0. The van der Waals surface area contributed by atoms with Gasteiger partial charge in [0.05, 0.1) is 5.56 Å². The average Bonchev–Trinajstić information content (AvgIpc) is 2.53. The fraction of sp³-hybridized carbons (Fsp3) is 0.316. The van der Waals surface area contributed by atoms with Crippen molar-refractivity contribution in [1.82, 2.24) is 4.90 Å². The van der Waals surface area contributed by atoms with Gasteiger partial charge in [0.2, 0.25) is 5.91 Å². The number of halogens is 3. The maximum Gasteiger partial charge on any atom is 0.416 e. The Morgan fingerprint density at radius 1 is 0.958 bits per heavy atom. The van der Waals surface area contributed by atoms with E-state index in [4.69, 9.17) is 0 Å². The summed E-state index contributed by atoms with van der Waals surface area (Å²) in [6.07, 6.45) is -3.31. The number of benzene rings is 2. The molecule has 0 saturated carbocycles. The number of rotatable bonds is 5. The highest BCUT2D eigenvalue weighted by molar-refractivity contribution is 5.76. The second-order valence-electron chi connectivity index (χ2n) is 5.93. The Kier molecular flexibility index (Phi) is 5.65. The van der Waals surface area contributed by atoms with E-state index in [0.717, 1.165) is 17.7 Å². The first kappa shape index (κ1) is 18.0. The number of carbonyl (C=O) groups excluding carboxylic acids is 1. The first-order chi connectivity index (χ1) is 11.3. The molecule has 0 spiro atoms. The highest BCUT2D eigenvalue weighted by atomic mass is 19.4. The zero-order valence-corrected chi connectivity index (χ0v) is 13.7. The smallest absolute Gasteiger partial charge is 0.341 e. The predicted octanol–water partition coefficient (Wildman–Crippen LogP) is 4.61. The fourth-order valence-electron chi connectivity index (χ4n) is 2.36. The summed E-state index contributed by atoms with van der Waals surface area (Å²) in [5.41, 5.74) is 2.26. The molecule has 0 fully saturated rings. The number of aryl methyl sites for hydroxylation is 2. The SMILES string of the molecule is Cc1ccc(CCC(=O)N(C)Cc2ccc(C(F)(F)F)cc2)cc1. The molecule has 0 N–H and O–H groups in total. The molecule has 2 aromatic carbocycles. The molecule has 0 bridgehead atoms. The molecule has 0 aliphatic rings. The summed E-state index contributed by atoms with van der Waals surface area (Å²) in [7, 11) is 1.66. The first-order valence-corrected chi connectivity index (χ1v) is 7.71. The van der Waals surface area contributed by atoms with Crippen LogP contribution in [0.3, 0.4) is 0 Å². The van der Waals surface area contributed by atoms with Crippen molar-refractivity contribution >= 4 is 5.91 Å². The van der Waals surface area contributed by atoms with Gasteiger partial charge in [0.1, 0.15) is 0 Å². The lowest BCUT2D eigenvalue weighted by atomic mass is 10.1. The Labute approximate surface area is 139 Å². The lowest BCUT2D eigenvalue weighted by Crippen LogP contribution is -2.26. The second-order valence-corrected chi connectivity index (χ2v) is 5.93. The van der Waals surface area contributed by atoms with Gasteiger partial charge < -0.3 is 4.90 Å². The molecule has 0 atom stereocenters. The van der Waals surface area contributed by atoms with E-state index >= 15 is 0 Å². The van der Waals surface area contributed by atoms with Gasteiger partial charge in [-0.15, -0.1) is 0 Å². The maximum absolute atomic E-state index is 12.5. The molecule has 0 unspecified atom stereocenters. The number of nitrogens with zero attached hydrogens (tertiary/aromatic N) is 1. The van der Waals surface area contributed by atoms with Gasteiger partial charge >= 0.3 is 6.18 Å². The summed E-state index contributed by atoms with van der Waals surface area (Å²) >= 11 is 0. The van der Waals surface area contributed by atoms with E-state index < -0.39 is 11.7 Å². The fourth-order valence-corrected chi connectivity index (χ4v) is 2.36. The van der Waals surface area contributed by atoms with Crippen molar-refractivity contribution in [2.75, 3.05) is 7.05 Å². The number of alkyl halides is 3. The lowest BCUT2D eigenvalue weighted by molar-refractivity contribution is -0.137. The monoisotopic (exact) mass is 335 g/mol. The van der Waals surface area contributed by atoms with Gasteiger partial charge in [-0.3, -0.25) is 4.79 Å². The van der Waals surface area contributed by atoms with E-state index in [-0.39, 0.29) is 5.91 Å². The van der Waals surface area contributed by atoms with Gasteiger partial charge in [0.25, 0.3) is 0 Å². The lowest BCUT2D eigenvalue weighted by Gasteiger charge is -2.18. The second kappa shape index (κ2) is 7.51. The number of hydrogen-bond acceptors (Lipinski definition) is 1. The van der Waals surface area contributed by atoms with Crippen LogP contribution in [0, 0.1) is 6.92 Å². The Hall–Kier alpha value is -2.30. The van der Waals surface area contributed by atoms with Crippen LogP contribution in [0.2, 0.25) is 0 Å². The van der Waals surface area contributed by atoms with E-state index in [0.29, 0.717) is 24.9 Å². The Balaban J connectivity index is 1.88. The normalized spacial score (nSPS) is 11.4. The van der Waals surface area contributed by atoms with Crippen molar-refractivity contribution in [3.63, 3.8) is 0 Å². The van der Waals surface area contributed by atoms with Crippen LogP contribution >= 0.6 is 0 Å².